The Hall–Kier alpha value is -1.26. The largest absolute Gasteiger partial charge is 0.493 e. The van der Waals surface area contributed by atoms with Gasteiger partial charge in [0.05, 0.1) is 19.8 Å². The molecule has 4 nitrogen and oxygen atoms in total. The standard InChI is InChI=1S/C13H20O4/c1-4-16-7-8-17-12-6-5-11(10(2)14)9-13(12)15-3/h5-6,9-10,14H,4,7-8H2,1-3H3. The van der Waals surface area contributed by atoms with Crippen molar-refractivity contribution in [2.75, 3.05) is 26.9 Å². The van der Waals surface area contributed by atoms with E-state index >= 15 is 0 Å². The van der Waals surface area contributed by atoms with Crippen LogP contribution in [0.2, 0.25) is 0 Å². The van der Waals surface area contributed by atoms with E-state index in [2.05, 4.69) is 0 Å². The second kappa shape index (κ2) is 7.14. The number of methoxy groups -OCH3 is 1. The van der Waals surface area contributed by atoms with Gasteiger partial charge in [-0.1, -0.05) is 6.07 Å². The Kier molecular flexibility index (Phi) is 5.80. The Morgan fingerprint density at radius 3 is 2.59 bits per heavy atom. The summed E-state index contributed by atoms with van der Waals surface area (Å²) < 4.78 is 15.9. The van der Waals surface area contributed by atoms with Crippen LogP contribution >= 0.6 is 0 Å². The van der Waals surface area contributed by atoms with Crippen molar-refractivity contribution in [1.82, 2.24) is 0 Å². The number of aliphatic hydroxyl groups is 1. The Morgan fingerprint density at radius 2 is 2.00 bits per heavy atom. The van der Waals surface area contributed by atoms with Crippen molar-refractivity contribution in [1.29, 1.82) is 0 Å². The van der Waals surface area contributed by atoms with Gasteiger partial charge in [-0.15, -0.1) is 0 Å². The molecule has 0 saturated heterocycles. The molecule has 0 radical (unpaired) electrons. The lowest BCUT2D eigenvalue weighted by Crippen LogP contribution is -2.07. The van der Waals surface area contributed by atoms with Crippen LogP contribution in [0.4, 0.5) is 0 Å². The van der Waals surface area contributed by atoms with E-state index in [1.807, 2.05) is 13.0 Å². The first-order valence-electron chi connectivity index (χ1n) is 5.75. The van der Waals surface area contributed by atoms with Crippen LogP contribution in [0.1, 0.15) is 25.5 Å². The molecule has 0 aromatic heterocycles. The first kappa shape index (κ1) is 13.8. The van der Waals surface area contributed by atoms with E-state index in [1.54, 1.807) is 26.2 Å². The van der Waals surface area contributed by atoms with Gasteiger partial charge < -0.3 is 19.3 Å². The van der Waals surface area contributed by atoms with E-state index in [4.69, 9.17) is 14.2 Å². The molecular formula is C13H20O4. The zero-order valence-corrected chi connectivity index (χ0v) is 10.6. The number of rotatable bonds is 7. The number of ether oxygens (including phenoxy) is 3. The summed E-state index contributed by atoms with van der Waals surface area (Å²) in [6, 6.07) is 5.40. The third-order valence-electron chi connectivity index (χ3n) is 2.36. The highest BCUT2D eigenvalue weighted by Crippen LogP contribution is 2.30. The molecule has 1 aromatic carbocycles. The number of hydrogen-bond acceptors (Lipinski definition) is 4. The van der Waals surface area contributed by atoms with Crippen molar-refractivity contribution >= 4 is 0 Å². The van der Waals surface area contributed by atoms with Gasteiger partial charge in [0.25, 0.3) is 0 Å². The smallest absolute Gasteiger partial charge is 0.161 e. The summed E-state index contributed by atoms with van der Waals surface area (Å²) in [4.78, 5) is 0. The summed E-state index contributed by atoms with van der Waals surface area (Å²) in [5.41, 5.74) is 0.805. The first-order valence-corrected chi connectivity index (χ1v) is 5.75. The molecule has 0 amide bonds. The van der Waals surface area contributed by atoms with Crippen molar-refractivity contribution in [2.24, 2.45) is 0 Å². The summed E-state index contributed by atoms with van der Waals surface area (Å²) in [6.45, 7) is 5.37. The molecule has 0 aliphatic carbocycles. The zero-order valence-electron chi connectivity index (χ0n) is 10.6. The summed E-state index contributed by atoms with van der Waals surface area (Å²) in [6.07, 6.45) is -0.513. The van der Waals surface area contributed by atoms with Gasteiger partial charge in [0, 0.05) is 6.61 Å². The minimum Gasteiger partial charge on any atom is -0.493 e. The van der Waals surface area contributed by atoms with Gasteiger partial charge in [-0.25, -0.2) is 0 Å². The van der Waals surface area contributed by atoms with Crippen LogP contribution in [0.15, 0.2) is 18.2 Å². The lowest BCUT2D eigenvalue weighted by Gasteiger charge is -2.13. The SMILES string of the molecule is CCOCCOc1ccc(C(C)O)cc1OC. The van der Waals surface area contributed by atoms with E-state index in [1.165, 1.54) is 0 Å². The van der Waals surface area contributed by atoms with Gasteiger partial charge in [0.2, 0.25) is 0 Å². The summed E-state index contributed by atoms with van der Waals surface area (Å²) in [7, 11) is 1.58. The molecule has 17 heavy (non-hydrogen) atoms. The Morgan fingerprint density at radius 1 is 1.24 bits per heavy atom. The molecule has 1 unspecified atom stereocenters. The summed E-state index contributed by atoms with van der Waals surface area (Å²) >= 11 is 0. The summed E-state index contributed by atoms with van der Waals surface area (Å²) in [5.74, 6) is 1.29. The Balaban J connectivity index is 2.65. The molecule has 96 valence electrons. The average molecular weight is 240 g/mol. The number of benzene rings is 1. The van der Waals surface area contributed by atoms with Crippen molar-refractivity contribution in [3.8, 4) is 11.5 Å². The lowest BCUT2D eigenvalue weighted by atomic mass is 10.1. The molecule has 1 aromatic rings. The highest BCUT2D eigenvalue weighted by molar-refractivity contribution is 5.43. The minimum absolute atomic E-state index is 0.484. The fourth-order valence-corrected chi connectivity index (χ4v) is 1.42. The predicted octanol–water partition coefficient (Wildman–Crippen LogP) is 2.16. The molecular weight excluding hydrogens is 220 g/mol. The molecule has 1 atom stereocenters. The van der Waals surface area contributed by atoms with E-state index in [9.17, 15) is 5.11 Å². The van der Waals surface area contributed by atoms with Gasteiger partial charge in [-0.2, -0.15) is 0 Å². The molecule has 0 aliphatic heterocycles. The molecule has 0 saturated carbocycles. The molecule has 0 bridgehead atoms. The molecule has 0 fully saturated rings. The van der Waals surface area contributed by atoms with Crippen LogP contribution in [0.5, 0.6) is 11.5 Å². The van der Waals surface area contributed by atoms with E-state index in [0.29, 0.717) is 31.3 Å². The zero-order chi connectivity index (χ0) is 12.7. The van der Waals surface area contributed by atoms with Crippen LogP contribution < -0.4 is 9.47 Å². The maximum Gasteiger partial charge on any atom is 0.161 e. The van der Waals surface area contributed by atoms with Crippen LogP contribution in [0.3, 0.4) is 0 Å². The fourth-order valence-electron chi connectivity index (χ4n) is 1.42. The highest BCUT2D eigenvalue weighted by Gasteiger charge is 2.08. The van der Waals surface area contributed by atoms with Gasteiger partial charge >= 0.3 is 0 Å². The van der Waals surface area contributed by atoms with E-state index in [-0.39, 0.29) is 0 Å². The average Bonchev–Trinajstić information content (AvgIpc) is 2.34. The predicted molar refractivity (Wildman–Crippen MR) is 65.6 cm³/mol. The maximum atomic E-state index is 9.46. The second-order valence-electron chi connectivity index (χ2n) is 3.63. The third kappa shape index (κ3) is 4.24. The van der Waals surface area contributed by atoms with Crippen molar-refractivity contribution < 1.29 is 19.3 Å². The Labute approximate surface area is 102 Å². The lowest BCUT2D eigenvalue weighted by molar-refractivity contribution is 0.109. The third-order valence-corrected chi connectivity index (χ3v) is 2.36. The van der Waals surface area contributed by atoms with E-state index in [0.717, 1.165) is 5.56 Å². The molecule has 1 N–H and O–H groups in total. The van der Waals surface area contributed by atoms with Crippen LogP contribution in [-0.4, -0.2) is 32.0 Å². The molecule has 1 rings (SSSR count). The molecule has 4 heteroatoms. The number of aliphatic hydroxyl groups excluding tert-OH is 1. The first-order chi connectivity index (χ1) is 8.19. The number of hydrogen-bond donors (Lipinski definition) is 1. The van der Waals surface area contributed by atoms with Crippen molar-refractivity contribution in [2.45, 2.75) is 20.0 Å². The van der Waals surface area contributed by atoms with Crippen molar-refractivity contribution in [3.05, 3.63) is 23.8 Å². The van der Waals surface area contributed by atoms with Gasteiger partial charge in [0.15, 0.2) is 11.5 Å². The van der Waals surface area contributed by atoms with Gasteiger partial charge in [-0.05, 0) is 31.5 Å². The molecule has 0 heterocycles. The normalized spacial score (nSPS) is 12.2. The van der Waals surface area contributed by atoms with Gasteiger partial charge in [-0.3, -0.25) is 0 Å². The Bertz CT molecular complexity index is 336. The fraction of sp³-hybridized carbons (Fsp3) is 0.538. The quantitative estimate of drug-likeness (QED) is 0.742. The van der Waals surface area contributed by atoms with Crippen molar-refractivity contribution in [3.63, 3.8) is 0 Å². The van der Waals surface area contributed by atoms with Crippen LogP contribution in [0, 0.1) is 0 Å². The monoisotopic (exact) mass is 240 g/mol. The topological polar surface area (TPSA) is 47.9 Å². The maximum absolute atomic E-state index is 9.46. The van der Waals surface area contributed by atoms with Crippen LogP contribution in [0.25, 0.3) is 0 Å². The van der Waals surface area contributed by atoms with E-state index < -0.39 is 6.10 Å². The molecule has 0 aliphatic rings. The minimum atomic E-state index is -0.513. The van der Waals surface area contributed by atoms with Gasteiger partial charge in [0.1, 0.15) is 6.61 Å². The second-order valence-corrected chi connectivity index (χ2v) is 3.63. The van der Waals surface area contributed by atoms with Crippen LogP contribution in [-0.2, 0) is 4.74 Å². The highest BCUT2D eigenvalue weighted by atomic mass is 16.5. The summed E-state index contributed by atoms with van der Waals surface area (Å²) in [5, 5.41) is 9.46. The molecule has 0 spiro atoms.